The van der Waals surface area contributed by atoms with Crippen molar-refractivity contribution in [3.05, 3.63) is 82.0 Å². The minimum atomic E-state index is -0.439. The molecule has 0 saturated carbocycles. The lowest BCUT2D eigenvalue weighted by molar-refractivity contribution is -0.117. The Labute approximate surface area is 192 Å². The van der Waals surface area contributed by atoms with Crippen LogP contribution in [-0.4, -0.2) is 36.8 Å². The van der Waals surface area contributed by atoms with Crippen LogP contribution in [0.5, 0.6) is 5.75 Å². The maximum Gasteiger partial charge on any atom is 0.350 e. The van der Waals surface area contributed by atoms with Crippen molar-refractivity contribution in [2.75, 3.05) is 12.4 Å². The van der Waals surface area contributed by atoms with Gasteiger partial charge in [0.1, 0.15) is 17.8 Å². The van der Waals surface area contributed by atoms with Crippen LogP contribution in [0.25, 0.3) is 22.4 Å². The Bertz CT molecular complexity index is 1570. The number of hydrogen-bond donors (Lipinski definition) is 1. The molecule has 3 aromatic heterocycles. The van der Waals surface area contributed by atoms with E-state index in [4.69, 9.17) is 16.3 Å². The number of aromatic nitrogens is 5. The topological polar surface area (TPSA) is 94.9 Å². The number of nitrogens with zero attached hydrogens (tertiary/aromatic N) is 5. The molecule has 33 heavy (non-hydrogen) atoms. The summed E-state index contributed by atoms with van der Waals surface area (Å²) in [7, 11) is 1.49. The van der Waals surface area contributed by atoms with Crippen LogP contribution in [0, 0.1) is 6.92 Å². The van der Waals surface area contributed by atoms with Crippen LogP contribution in [0.15, 0.2) is 65.7 Å². The van der Waals surface area contributed by atoms with Gasteiger partial charge in [0.25, 0.3) is 0 Å². The number of rotatable bonds is 5. The molecule has 0 aliphatic carbocycles. The number of carbonyl (C=O) groups is 1. The number of hydrogen-bond acceptors (Lipinski definition) is 5. The number of carbonyl (C=O) groups excluding carboxylic acids is 1. The summed E-state index contributed by atoms with van der Waals surface area (Å²) in [5, 5.41) is 12.1. The highest BCUT2D eigenvalue weighted by atomic mass is 35.5. The van der Waals surface area contributed by atoms with E-state index in [1.54, 1.807) is 35.1 Å². The molecule has 10 heteroatoms. The molecule has 1 N–H and O–H groups in total. The Morgan fingerprint density at radius 2 is 1.88 bits per heavy atom. The second-order valence-electron chi connectivity index (χ2n) is 7.55. The van der Waals surface area contributed by atoms with Gasteiger partial charge in [0.15, 0.2) is 5.65 Å². The molecule has 2 aromatic carbocycles. The summed E-state index contributed by atoms with van der Waals surface area (Å²) in [6.07, 6.45) is 3.27. The first-order chi connectivity index (χ1) is 15.9. The number of methoxy groups -OCH3 is 1. The van der Waals surface area contributed by atoms with E-state index in [0.29, 0.717) is 27.6 Å². The van der Waals surface area contributed by atoms with Gasteiger partial charge >= 0.3 is 5.69 Å². The molecule has 3 heterocycles. The third-order valence-corrected chi connectivity index (χ3v) is 5.50. The molecule has 5 rings (SSSR count). The number of halogens is 1. The van der Waals surface area contributed by atoms with Gasteiger partial charge in [-0.15, -0.1) is 5.10 Å². The molecule has 0 atom stereocenters. The lowest BCUT2D eigenvalue weighted by Gasteiger charge is -2.10. The van der Waals surface area contributed by atoms with E-state index in [-0.39, 0.29) is 6.54 Å². The van der Waals surface area contributed by atoms with E-state index in [1.807, 2.05) is 37.3 Å². The highest BCUT2D eigenvalue weighted by molar-refractivity contribution is 6.31. The lowest BCUT2D eigenvalue weighted by Crippen LogP contribution is -2.28. The van der Waals surface area contributed by atoms with Crippen LogP contribution in [0.3, 0.4) is 0 Å². The average Bonchev–Trinajstić information content (AvgIpc) is 3.36. The SMILES string of the molecule is COc1ccc(Cl)cc1NC(=O)Cn1nc2c3cc(-c4ccc(C)cc4)nn3ccn2c1=O. The first-order valence-electron chi connectivity index (χ1n) is 10.1. The molecule has 0 unspecified atom stereocenters. The van der Waals surface area contributed by atoms with Crippen molar-refractivity contribution in [1.29, 1.82) is 0 Å². The molecular formula is C23H19ClN6O3. The molecule has 0 aliphatic rings. The Hall–Kier alpha value is -4.11. The first-order valence-corrected chi connectivity index (χ1v) is 10.5. The number of aryl methyl sites for hydroxylation is 1. The second-order valence-corrected chi connectivity index (χ2v) is 7.99. The predicted molar refractivity (Wildman–Crippen MR) is 125 cm³/mol. The normalized spacial score (nSPS) is 11.2. The molecular weight excluding hydrogens is 444 g/mol. The van der Waals surface area contributed by atoms with Crippen molar-refractivity contribution in [2.24, 2.45) is 0 Å². The van der Waals surface area contributed by atoms with Gasteiger partial charge in [-0.25, -0.2) is 18.4 Å². The molecule has 166 valence electrons. The summed E-state index contributed by atoms with van der Waals surface area (Å²) < 4.78 is 9.41. The van der Waals surface area contributed by atoms with E-state index in [0.717, 1.165) is 21.5 Å². The molecule has 0 aliphatic heterocycles. The monoisotopic (exact) mass is 462 g/mol. The maximum atomic E-state index is 12.9. The molecule has 0 spiro atoms. The zero-order chi connectivity index (χ0) is 23.1. The summed E-state index contributed by atoms with van der Waals surface area (Å²) in [6, 6.07) is 14.8. The fourth-order valence-corrected chi connectivity index (χ4v) is 3.78. The van der Waals surface area contributed by atoms with Gasteiger partial charge < -0.3 is 10.1 Å². The third-order valence-electron chi connectivity index (χ3n) is 5.27. The fourth-order valence-electron chi connectivity index (χ4n) is 3.61. The van der Waals surface area contributed by atoms with E-state index in [1.165, 1.54) is 11.5 Å². The Morgan fingerprint density at radius 1 is 1.09 bits per heavy atom. The average molecular weight is 463 g/mol. The van der Waals surface area contributed by atoms with Crippen molar-refractivity contribution >= 4 is 34.4 Å². The largest absolute Gasteiger partial charge is 0.495 e. The van der Waals surface area contributed by atoms with Crippen molar-refractivity contribution in [1.82, 2.24) is 23.8 Å². The molecule has 0 fully saturated rings. The minimum Gasteiger partial charge on any atom is -0.495 e. The Balaban J connectivity index is 1.48. The minimum absolute atomic E-state index is 0.276. The molecule has 0 saturated heterocycles. The number of benzene rings is 2. The number of amides is 1. The predicted octanol–water partition coefficient (Wildman–Crippen LogP) is 3.42. The smallest absolute Gasteiger partial charge is 0.350 e. The van der Waals surface area contributed by atoms with Gasteiger partial charge in [0, 0.05) is 23.0 Å². The van der Waals surface area contributed by atoms with Crippen molar-refractivity contribution in [3.63, 3.8) is 0 Å². The van der Waals surface area contributed by atoms with Crippen LogP contribution >= 0.6 is 11.6 Å². The number of fused-ring (bicyclic) bond motifs is 3. The quantitative estimate of drug-likeness (QED) is 0.432. The van der Waals surface area contributed by atoms with Crippen LogP contribution < -0.4 is 15.7 Å². The second kappa shape index (κ2) is 8.10. The third kappa shape index (κ3) is 3.83. The Kier molecular flexibility index (Phi) is 5.10. The lowest BCUT2D eigenvalue weighted by atomic mass is 10.1. The zero-order valence-corrected chi connectivity index (χ0v) is 18.6. The van der Waals surface area contributed by atoms with E-state index < -0.39 is 11.6 Å². The molecule has 0 radical (unpaired) electrons. The number of anilines is 1. The van der Waals surface area contributed by atoms with Gasteiger partial charge in [0.2, 0.25) is 5.91 Å². The summed E-state index contributed by atoms with van der Waals surface area (Å²) >= 11 is 6.02. The van der Waals surface area contributed by atoms with Crippen LogP contribution in [0.4, 0.5) is 5.69 Å². The molecule has 9 nitrogen and oxygen atoms in total. The molecule has 1 amide bonds. The maximum absolute atomic E-state index is 12.9. The fraction of sp³-hybridized carbons (Fsp3) is 0.130. The number of ether oxygens (including phenoxy) is 1. The van der Waals surface area contributed by atoms with E-state index >= 15 is 0 Å². The van der Waals surface area contributed by atoms with E-state index in [9.17, 15) is 9.59 Å². The zero-order valence-electron chi connectivity index (χ0n) is 17.8. The van der Waals surface area contributed by atoms with Crippen LogP contribution in [0.1, 0.15) is 5.56 Å². The van der Waals surface area contributed by atoms with Crippen molar-refractivity contribution in [3.8, 4) is 17.0 Å². The highest BCUT2D eigenvalue weighted by Gasteiger charge is 2.16. The van der Waals surface area contributed by atoms with Gasteiger partial charge in [-0.05, 0) is 31.2 Å². The van der Waals surface area contributed by atoms with Crippen molar-refractivity contribution in [2.45, 2.75) is 13.5 Å². The van der Waals surface area contributed by atoms with Crippen LogP contribution in [0.2, 0.25) is 5.02 Å². The van der Waals surface area contributed by atoms with E-state index in [2.05, 4.69) is 15.5 Å². The summed E-state index contributed by atoms with van der Waals surface area (Å²) in [4.78, 5) is 25.5. The van der Waals surface area contributed by atoms with Crippen molar-refractivity contribution < 1.29 is 9.53 Å². The Morgan fingerprint density at radius 3 is 2.64 bits per heavy atom. The number of nitrogens with one attached hydrogen (secondary N) is 1. The van der Waals surface area contributed by atoms with Crippen LogP contribution in [-0.2, 0) is 11.3 Å². The van der Waals surface area contributed by atoms with Gasteiger partial charge in [-0.2, -0.15) is 5.10 Å². The highest BCUT2D eigenvalue weighted by Crippen LogP contribution is 2.27. The standard InChI is InChI=1S/C23H19ClN6O3/c1-14-3-5-15(6-4-14)17-12-19-22-27-30(23(32)28(22)9-10-29(19)26-17)13-21(31)25-18-11-16(24)7-8-20(18)33-2/h3-12H,13H2,1-2H3,(H,25,31). The molecule has 0 bridgehead atoms. The summed E-state index contributed by atoms with van der Waals surface area (Å²) in [5.41, 5.74) is 3.91. The molecule has 5 aromatic rings. The van der Waals surface area contributed by atoms with Gasteiger partial charge in [-0.1, -0.05) is 41.4 Å². The summed E-state index contributed by atoms with van der Waals surface area (Å²) in [6.45, 7) is 1.75. The van der Waals surface area contributed by atoms with Gasteiger partial charge in [-0.3, -0.25) is 4.79 Å². The summed E-state index contributed by atoms with van der Waals surface area (Å²) in [5.74, 6) is 0.0191. The van der Waals surface area contributed by atoms with Gasteiger partial charge in [0.05, 0.1) is 18.5 Å². The first kappa shape index (κ1) is 20.8.